The Morgan fingerprint density at radius 3 is 2.88 bits per heavy atom. The van der Waals surface area contributed by atoms with Gasteiger partial charge in [-0.2, -0.15) is 5.10 Å². The molecule has 7 heteroatoms. The number of rotatable bonds is 6. The number of carbonyl (C=O) groups excluding carboxylic acids is 2. The Morgan fingerprint density at radius 1 is 1.47 bits per heavy atom. The fourth-order valence-electron chi connectivity index (χ4n) is 1.13. The van der Waals surface area contributed by atoms with Gasteiger partial charge >= 0.3 is 5.97 Å². The van der Waals surface area contributed by atoms with E-state index >= 15 is 0 Å². The van der Waals surface area contributed by atoms with E-state index in [0.717, 1.165) is 0 Å². The molecule has 0 aromatic carbocycles. The molecule has 0 aliphatic heterocycles. The van der Waals surface area contributed by atoms with Gasteiger partial charge in [0, 0.05) is 13.3 Å². The largest absolute Gasteiger partial charge is 0.468 e. The molecule has 1 heterocycles. The first kappa shape index (κ1) is 13.2. The van der Waals surface area contributed by atoms with Crippen LogP contribution in [0.4, 0.5) is 5.69 Å². The van der Waals surface area contributed by atoms with Crippen LogP contribution in [-0.2, 0) is 25.6 Å². The van der Waals surface area contributed by atoms with Crippen LogP contribution in [-0.4, -0.2) is 42.5 Å². The number of nitrogens with zero attached hydrogens (tertiary/aromatic N) is 2. The highest BCUT2D eigenvalue weighted by Crippen LogP contribution is 2.05. The van der Waals surface area contributed by atoms with Crippen molar-refractivity contribution >= 4 is 17.6 Å². The molecule has 0 fully saturated rings. The molecule has 17 heavy (non-hydrogen) atoms. The normalized spacial score (nSPS) is 10.0. The molecule has 7 nitrogen and oxygen atoms in total. The number of amides is 1. The van der Waals surface area contributed by atoms with Crippen LogP contribution in [0.5, 0.6) is 0 Å². The van der Waals surface area contributed by atoms with Crippen molar-refractivity contribution in [1.29, 1.82) is 0 Å². The first-order valence-corrected chi connectivity index (χ1v) is 5.03. The number of methoxy groups -OCH3 is 2. The number of ether oxygens (including phenoxy) is 2. The summed E-state index contributed by atoms with van der Waals surface area (Å²) >= 11 is 0. The second-order valence-electron chi connectivity index (χ2n) is 3.29. The highest BCUT2D eigenvalue weighted by Gasteiger charge is 2.06. The van der Waals surface area contributed by atoms with Crippen LogP contribution in [0.25, 0.3) is 0 Å². The molecule has 0 saturated carbocycles. The van der Waals surface area contributed by atoms with Gasteiger partial charge in [0.15, 0.2) is 0 Å². The second kappa shape index (κ2) is 6.64. The molecule has 0 aliphatic rings. The highest BCUT2D eigenvalue weighted by molar-refractivity contribution is 5.90. The molecular weight excluding hydrogens is 226 g/mol. The maximum Gasteiger partial charge on any atom is 0.327 e. The lowest BCUT2D eigenvalue weighted by Gasteiger charge is -2.01. The third-order valence-electron chi connectivity index (χ3n) is 1.97. The van der Waals surface area contributed by atoms with Crippen molar-refractivity contribution in [2.45, 2.75) is 13.0 Å². The van der Waals surface area contributed by atoms with Gasteiger partial charge < -0.3 is 14.8 Å². The smallest absolute Gasteiger partial charge is 0.327 e. The molecule has 0 atom stereocenters. The van der Waals surface area contributed by atoms with Crippen LogP contribution in [0.15, 0.2) is 12.4 Å². The van der Waals surface area contributed by atoms with Crippen molar-refractivity contribution in [3.63, 3.8) is 0 Å². The molecule has 0 spiro atoms. The number of anilines is 1. The molecule has 0 saturated heterocycles. The summed E-state index contributed by atoms with van der Waals surface area (Å²) < 4.78 is 10.7. The van der Waals surface area contributed by atoms with Gasteiger partial charge in [-0.15, -0.1) is 0 Å². The number of hydrogen-bond acceptors (Lipinski definition) is 5. The predicted molar refractivity (Wildman–Crippen MR) is 59.4 cm³/mol. The Bertz CT molecular complexity index is 389. The molecule has 1 amide bonds. The molecule has 1 rings (SSSR count). The lowest BCUT2D eigenvalue weighted by molar-refractivity contribution is -0.141. The molecule has 0 unspecified atom stereocenters. The first-order chi connectivity index (χ1) is 8.15. The molecule has 1 aromatic rings. The molecule has 0 radical (unpaired) electrons. The van der Waals surface area contributed by atoms with Crippen molar-refractivity contribution in [1.82, 2.24) is 9.78 Å². The van der Waals surface area contributed by atoms with Gasteiger partial charge in [0.1, 0.15) is 6.54 Å². The summed E-state index contributed by atoms with van der Waals surface area (Å²) in [6, 6.07) is 0. The number of aromatic nitrogens is 2. The van der Waals surface area contributed by atoms with Crippen LogP contribution >= 0.6 is 0 Å². The summed E-state index contributed by atoms with van der Waals surface area (Å²) in [5, 5.41) is 6.54. The van der Waals surface area contributed by atoms with Gasteiger partial charge in [-0.05, 0) is 0 Å². The summed E-state index contributed by atoms with van der Waals surface area (Å²) in [5.74, 6) is -0.560. The topological polar surface area (TPSA) is 82.5 Å². The van der Waals surface area contributed by atoms with Crippen molar-refractivity contribution in [3.8, 4) is 0 Å². The van der Waals surface area contributed by atoms with Crippen molar-refractivity contribution in [2.75, 3.05) is 26.1 Å². The third kappa shape index (κ3) is 4.64. The predicted octanol–water partition coefficient (Wildman–Crippen LogP) is 0.0311. The van der Waals surface area contributed by atoms with E-state index in [1.54, 1.807) is 6.20 Å². The standard InChI is InChI=1S/C10H15N3O4/c1-16-4-3-9(14)12-8-5-11-13(6-8)7-10(15)17-2/h5-6H,3-4,7H2,1-2H3,(H,12,14). The average Bonchev–Trinajstić information content (AvgIpc) is 2.73. The molecule has 1 N–H and O–H groups in total. The van der Waals surface area contributed by atoms with Gasteiger partial charge in [-0.3, -0.25) is 14.3 Å². The van der Waals surface area contributed by atoms with Gasteiger partial charge in [0.2, 0.25) is 5.91 Å². The zero-order valence-electron chi connectivity index (χ0n) is 9.80. The molecule has 0 aliphatic carbocycles. The SMILES string of the molecule is COCCC(=O)Nc1cnn(CC(=O)OC)c1. The molecule has 1 aromatic heterocycles. The van der Waals surface area contributed by atoms with Gasteiger partial charge in [0.05, 0.1) is 32.0 Å². The van der Waals surface area contributed by atoms with Crippen LogP contribution in [0, 0.1) is 0 Å². The van der Waals surface area contributed by atoms with Crippen molar-refractivity contribution < 1.29 is 19.1 Å². The van der Waals surface area contributed by atoms with Gasteiger partial charge in [-0.25, -0.2) is 0 Å². The average molecular weight is 241 g/mol. The van der Waals surface area contributed by atoms with Gasteiger partial charge in [0.25, 0.3) is 0 Å². The van der Waals surface area contributed by atoms with Crippen LogP contribution in [0.1, 0.15) is 6.42 Å². The van der Waals surface area contributed by atoms with E-state index in [9.17, 15) is 9.59 Å². The number of esters is 1. The maximum atomic E-state index is 11.3. The minimum Gasteiger partial charge on any atom is -0.468 e. The van der Waals surface area contributed by atoms with E-state index in [1.807, 2.05) is 0 Å². The minimum atomic E-state index is -0.398. The Kier molecular flexibility index (Phi) is 5.15. The summed E-state index contributed by atoms with van der Waals surface area (Å²) in [5.41, 5.74) is 0.537. The lowest BCUT2D eigenvalue weighted by Crippen LogP contribution is -2.13. The quantitative estimate of drug-likeness (QED) is 0.710. The third-order valence-corrected chi connectivity index (χ3v) is 1.97. The Balaban J connectivity index is 2.45. The molecule has 94 valence electrons. The minimum absolute atomic E-state index is 0.0183. The van der Waals surface area contributed by atoms with Gasteiger partial charge in [-0.1, -0.05) is 0 Å². The summed E-state index contributed by atoms with van der Waals surface area (Å²) in [6.45, 7) is 0.382. The summed E-state index contributed by atoms with van der Waals surface area (Å²) in [4.78, 5) is 22.3. The molecular formula is C10H15N3O4. The second-order valence-corrected chi connectivity index (χ2v) is 3.29. The first-order valence-electron chi connectivity index (χ1n) is 5.03. The fraction of sp³-hybridized carbons (Fsp3) is 0.500. The van der Waals surface area contributed by atoms with Crippen LogP contribution < -0.4 is 5.32 Å². The lowest BCUT2D eigenvalue weighted by atomic mass is 10.4. The Morgan fingerprint density at radius 2 is 2.24 bits per heavy atom. The van der Waals surface area contributed by atoms with E-state index in [-0.39, 0.29) is 18.9 Å². The fourth-order valence-corrected chi connectivity index (χ4v) is 1.13. The number of carbonyl (C=O) groups is 2. The summed E-state index contributed by atoms with van der Waals surface area (Å²) in [6.07, 6.45) is 3.30. The summed E-state index contributed by atoms with van der Waals surface area (Å²) in [7, 11) is 2.83. The highest BCUT2D eigenvalue weighted by atomic mass is 16.5. The van der Waals surface area contributed by atoms with Crippen LogP contribution in [0.2, 0.25) is 0 Å². The zero-order chi connectivity index (χ0) is 12.7. The van der Waals surface area contributed by atoms with E-state index in [0.29, 0.717) is 12.3 Å². The monoisotopic (exact) mass is 241 g/mol. The van der Waals surface area contributed by atoms with Crippen molar-refractivity contribution in [3.05, 3.63) is 12.4 Å². The Hall–Kier alpha value is -1.89. The van der Waals surface area contributed by atoms with Crippen LogP contribution in [0.3, 0.4) is 0 Å². The molecule has 0 bridgehead atoms. The number of nitrogens with one attached hydrogen (secondary N) is 1. The van der Waals surface area contributed by atoms with Crippen molar-refractivity contribution in [2.24, 2.45) is 0 Å². The van der Waals surface area contributed by atoms with E-state index in [4.69, 9.17) is 4.74 Å². The van der Waals surface area contributed by atoms with E-state index in [2.05, 4.69) is 15.2 Å². The van der Waals surface area contributed by atoms with E-state index < -0.39 is 5.97 Å². The number of hydrogen-bond donors (Lipinski definition) is 1. The van der Waals surface area contributed by atoms with E-state index in [1.165, 1.54) is 25.1 Å². The zero-order valence-corrected chi connectivity index (χ0v) is 9.80. The Labute approximate surface area is 98.7 Å². The maximum absolute atomic E-state index is 11.3.